The largest absolute Gasteiger partial charge is 0.289 e. The molecule has 0 N–H and O–H groups in total. The van der Waals surface area contributed by atoms with E-state index in [9.17, 15) is 4.79 Å². The first-order valence-electron chi connectivity index (χ1n) is 5.77. The van der Waals surface area contributed by atoms with Crippen molar-refractivity contribution in [2.24, 2.45) is 7.05 Å². The maximum atomic E-state index is 12.0. The summed E-state index contributed by atoms with van der Waals surface area (Å²) in [6.07, 6.45) is 5.26. The number of aromatic nitrogens is 2. The predicted octanol–water partition coefficient (Wildman–Crippen LogP) is 3.30. The number of rotatable bonds is 3. The molecule has 0 aliphatic carbocycles. The van der Waals surface area contributed by atoms with Crippen LogP contribution in [0.2, 0.25) is 0 Å². The van der Waals surface area contributed by atoms with Crippen LogP contribution in [0.5, 0.6) is 0 Å². The molecule has 0 fully saturated rings. The van der Waals surface area contributed by atoms with E-state index < -0.39 is 0 Å². The number of aryl methyl sites for hydroxylation is 4. The van der Waals surface area contributed by atoms with Crippen molar-refractivity contribution in [3.63, 3.8) is 0 Å². The molecular formula is C14H16N2OS. The van der Waals surface area contributed by atoms with Crippen LogP contribution >= 0.6 is 11.3 Å². The lowest BCUT2D eigenvalue weighted by Crippen LogP contribution is -1.94. The first-order valence-corrected chi connectivity index (χ1v) is 6.58. The van der Waals surface area contributed by atoms with Crippen LogP contribution in [-0.4, -0.2) is 15.6 Å². The van der Waals surface area contributed by atoms with Crippen molar-refractivity contribution in [1.82, 2.24) is 9.78 Å². The van der Waals surface area contributed by atoms with Gasteiger partial charge in [0.2, 0.25) is 0 Å². The fourth-order valence-corrected chi connectivity index (χ4v) is 2.83. The Bertz CT molecular complexity index is 620. The van der Waals surface area contributed by atoms with E-state index in [1.54, 1.807) is 28.3 Å². The van der Waals surface area contributed by atoms with Gasteiger partial charge in [-0.3, -0.25) is 9.48 Å². The van der Waals surface area contributed by atoms with Crippen molar-refractivity contribution in [1.29, 1.82) is 0 Å². The summed E-state index contributed by atoms with van der Waals surface area (Å²) >= 11 is 1.74. The second-order valence-corrected chi connectivity index (χ2v) is 5.83. The maximum Gasteiger partial charge on any atom is 0.189 e. The van der Waals surface area contributed by atoms with E-state index in [0.717, 1.165) is 11.3 Å². The number of hydrogen-bond acceptors (Lipinski definition) is 3. The average Bonchev–Trinajstić information content (AvgIpc) is 2.78. The third-order valence-corrected chi connectivity index (χ3v) is 3.75. The van der Waals surface area contributed by atoms with E-state index in [0.29, 0.717) is 5.56 Å². The summed E-state index contributed by atoms with van der Waals surface area (Å²) in [6.45, 7) is 5.99. The summed E-state index contributed by atoms with van der Waals surface area (Å²) in [5.74, 6) is 0.00357. The van der Waals surface area contributed by atoms with Gasteiger partial charge in [0, 0.05) is 23.0 Å². The minimum Gasteiger partial charge on any atom is -0.289 e. The van der Waals surface area contributed by atoms with Crippen molar-refractivity contribution in [2.45, 2.75) is 20.8 Å². The summed E-state index contributed by atoms with van der Waals surface area (Å²) in [7, 11) is 1.82. The van der Waals surface area contributed by atoms with E-state index in [2.05, 4.69) is 25.0 Å². The van der Waals surface area contributed by atoms with E-state index in [1.165, 1.54) is 9.75 Å². The molecule has 0 atom stereocenters. The summed E-state index contributed by atoms with van der Waals surface area (Å²) < 4.78 is 1.66. The Labute approximate surface area is 111 Å². The molecule has 0 radical (unpaired) electrons. The van der Waals surface area contributed by atoms with Gasteiger partial charge in [-0.05, 0) is 44.6 Å². The maximum absolute atomic E-state index is 12.0. The molecule has 0 aromatic carbocycles. The molecule has 4 heteroatoms. The SMILES string of the molecule is Cc1cc(/C=C/C(=O)c2cn(C)nc2C)c(C)s1. The van der Waals surface area contributed by atoms with Gasteiger partial charge in [-0.15, -0.1) is 11.3 Å². The molecule has 94 valence electrons. The molecule has 0 aliphatic rings. The van der Waals surface area contributed by atoms with Gasteiger partial charge in [-0.2, -0.15) is 5.10 Å². The molecule has 0 saturated carbocycles. The Hall–Kier alpha value is -1.68. The number of hydrogen-bond donors (Lipinski definition) is 0. The molecule has 2 rings (SSSR count). The number of carbonyl (C=O) groups excluding carboxylic acids is 1. The smallest absolute Gasteiger partial charge is 0.189 e. The molecule has 18 heavy (non-hydrogen) atoms. The van der Waals surface area contributed by atoms with Crippen LogP contribution in [0.3, 0.4) is 0 Å². The molecule has 0 unspecified atom stereocenters. The Morgan fingerprint density at radius 3 is 2.61 bits per heavy atom. The standard InChI is InChI=1S/C14H16N2OS/c1-9-7-12(11(3)18-9)5-6-14(17)13-8-16(4)15-10(13)2/h5-8H,1-4H3/b6-5+. The van der Waals surface area contributed by atoms with Gasteiger partial charge < -0.3 is 0 Å². The molecule has 0 saturated heterocycles. The van der Waals surface area contributed by atoms with Gasteiger partial charge in [0.05, 0.1) is 11.3 Å². The lowest BCUT2D eigenvalue weighted by atomic mass is 10.1. The highest BCUT2D eigenvalue weighted by molar-refractivity contribution is 7.12. The first kappa shape index (κ1) is 12.8. The lowest BCUT2D eigenvalue weighted by Gasteiger charge is -1.92. The van der Waals surface area contributed by atoms with Gasteiger partial charge in [0.1, 0.15) is 0 Å². The van der Waals surface area contributed by atoms with E-state index >= 15 is 0 Å². The molecule has 0 bridgehead atoms. The Morgan fingerprint density at radius 1 is 1.39 bits per heavy atom. The second-order valence-electron chi connectivity index (χ2n) is 4.37. The molecule has 3 nitrogen and oxygen atoms in total. The second kappa shape index (κ2) is 4.90. The van der Waals surface area contributed by atoms with Crippen LogP contribution < -0.4 is 0 Å². The zero-order valence-electron chi connectivity index (χ0n) is 11.0. The fraction of sp³-hybridized carbons (Fsp3) is 0.286. The third-order valence-electron chi connectivity index (χ3n) is 2.77. The number of ketones is 1. The number of carbonyl (C=O) groups is 1. The molecule has 2 aromatic heterocycles. The van der Waals surface area contributed by atoms with E-state index in [1.807, 2.05) is 20.0 Å². The van der Waals surface area contributed by atoms with Crippen molar-refractivity contribution in [3.05, 3.63) is 44.9 Å². The topological polar surface area (TPSA) is 34.9 Å². The third kappa shape index (κ3) is 2.59. The number of nitrogens with zero attached hydrogens (tertiary/aromatic N) is 2. The molecule has 0 aliphatic heterocycles. The molecule has 0 spiro atoms. The predicted molar refractivity (Wildman–Crippen MR) is 75.1 cm³/mol. The summed E-state index contributed by atoms with van der Waals surface area (Å²) in [6, 6.07) is 2.10. The average molecular weight is 260 g/mol. The van der Waals surface area contributed by atoms with Crippen molar-refractivity contribution >= 4 is 23.2 Å². The van der Waals surface area contributed by atoms with Crippen LogP contribution in [0.15, 0.2) is 18.3 Å². The zero-order chi connectivity index (χ0) is 13.3. The van der Waals surface area contributed by atoms with Crippen LogP contribution in [0.4, 0.5) is 0 Å². The van der Waals surface area contributed by atoms with Crippen molar-refractivity contribution in [3.8, 4) is 0 Å². The Morgan fingerprint density at radius 2 is 2.11 bits per heavy atom. The fourth-order valence-electron chi connectivity index (χ4n) is 1.91. The number of allylic oxidation sites excluding steroid dienone is 1. The highest BCUT2D eigenvalue weighted by atomic mass is 32.1. The molecule has 2 aromatic rings. The quantitative estimate of drug-likeness (QED) is 0.627. The van der Waals surface area contributed by atoms with Crippen molar-refractivity contribution in [2.75, 3.05) is 0 Å². The van der Waals surface area contributed by atoms with Crippen LogP contribution in [0.25, 0.3) is 6.08 Å². The van der Waals surface area contributed by atoms with Crippen molar-refractivity contribution < 1.29 is 4.79 Å². The summed E-state index contributed by atoms with van der Waals surface area (Å²) in [5.41, 5.74) is 2.55. The van der Waals surface area contributed by atoms with Gasteiger partial charge in [-0.25, -0.2) is 0 Å². The van der Waals surface area contributed by atoms with Gasteiger partial charge in [-0.1, -0.05) is 0 Å². The lowest BCUT2D eigenvalue weighted by molar-refractivity contribution is 0.104. The Kier molecular flexibility index (Phi) is 3.48. The highest BCUT2D eigenvalue weighted by Crippen LogP contribution is 2.22. The minimum atomic E-state index is 0.00357. The van der Waals surface area contributed by atoms with Gasteiger partial charge in [0.15, 0.2) is 5.78 Å². The molecule has 0 amide bonds. The normalized spacial score (nSPS) is 11.3. The number of thiophene rings is 1. The van der Waals surface area contributed by atoms with Gasteiger partial charge >= 0.3 is 0 Å². The summed E-state index contributed by atoms with van der Waals surface area (Å²) in [5, 5.41) is 4.17. The zero-order valence-corrected chi connectivity index (χ0v) is 11.8. The highest BCUT2D eigenvalue weighted by Gasteiger charge is 2.09. The van der Waals surface area contributed by atoms with Gasteiger partial charge in [0.25, 0.3) is 0 Å². The molecular weight excluding hydrogens is 244 g/mol. The summed E-state index contributed by atoms with van der Waals surface area (Å²) in [4.78, 5) is 14.5. The van der Waals surface area contributed by atoms with Crippen LogP contribution in [0, 0.1) is 20.8 Å². The van der Waals surface area contributed by atoms with Crippen LogP contribution in [0.1, 0.15) is 31.4 Å². The monoisotopic (exact) mass is 260 g/mol. The first-order chi connectivity index (χ1) is 8.47. The minimum absolute atomic E-state index is 0.00357. The van der Waals surface area contributed by atoms with E-state index in [4.69, 9.17) is 0 Å². The molecule has 2 heterocycles. The van der Waals surface area contributed by atoms with E-state index in [-0.39, 0.29) is 5.78 Å². The Balaban J connectivity index is 2.22. The van der Waals surface area contributed by atoms with Crippen LogP contribution in [-0.2, 0) is 7.05 Å².